The number of benzene rings is 1. The van der Waals surface area contributed by atoms with Gasteiger partial charge in [-0.2, -0.15) is 0 Å². The molecule has 32 heavy (non-hydrogen) atoms. The van der Waals surface area contributed by atoms with Crippen molar-refractivity contribution in [3.05, 3.63) is 35.9 Å². The number of carbonyl (C=O) groups excluding carboxylic acids is 1. The second-order valence-corrected chi connectivity index (χ2v) is 9.63. The topological polar surface area (TPSA) is 63.2 Å². The fraction of sp³-hybridized carbons (Fsp3) is 0.680. The van der Waals surface area contributed by atoms with Crippen molar-refractivity contribution in [1.82, 2.24) is 25.3 Å². The highest BCUT2D eigenvalue weighted by molar-refractivity contribution is 5.80. The number of rotatable bonds is 9. The van der Waals surface area contributed by atoms with Crippen LogP contribution in [-0.4, -0.2) is 99.1 Å². The Bertz CT molecular complexity index is 729. The lowest BCUT2D eigenvalue weighted by Gasteiger charge is -2.40. The largest absolute Gasteiger partial charge is 0.356 e. The summed E-state index contributed by atoms with van der Waals surface area (Å²) in [6.07, 6.45) is 1.54. The summed E-state index contributed by atoms with van der Waals surface area (Å²) in [4.78, 5) is 23.9. The lowest BCUT2D eigenvalue weighted by atomic mass is 10.0. The van der Waals surface area contributed by atoms with Gasteiger partial charge in [-0.1, -0.05) is 44.2 Å². The second-order valence-electron chi connectivity index (χ2n) is 9.63. The van der Waals surface area contributed by atoms with Crippen LogP contribution in [0.5, 0.6) is 0 Å². The number of nitrogens with zero attached hydrogens (tertiary/aromatic N) is 4. The van der Waals surface area contributed by atoms with Crippen molar-refractivity contribution in [3.8, 4) is 0 Å². The van der Waals surface area contributed by atoms with E-state index in [1.165, 1.54) is 5.56 Å². The van der Waals surface area contributed by atoms with Crippen LogP contribution in [0.3, 0.4) is 0 Å². The van der Waals surface area contributed by atoms with E-state index in [-0.39, 0.29) is 5.91 Å². The first-order valence-electron chi connectivity index (χ1n) is 12.1. The average molecular weight is 443 g/mol. The van der Waals surface area contributed by atoms with Crippen LogP contribution in [0, 0.1) is 11.8 Å². The summed E-state index contributed by atoms with van der Waals surface area (Å²) in [6, 6.07) is 10.9. The van der Waals surface area contributed by atoms with Gasteiger partial charge < -0.3 is 20.4 Å². The molecule has 0 aromatic heterocycles. The van der Waals surface area contributed by atoms with Crippen molar-refractivity contribution in [2.75, 3.05) is 66.5 Å². The monoisotopic (exact) mass is 442 g/mol. The molecule has 3 rings (SSSR count). The molecule has 0 saturated carbocycles. The van der Waals surface area contributed by atoms with Gasteiger partial charge >= 0.3 is 0 Å². The Hall–Kier alpha value is -2.12. The highest BCUT2D eigenvalue weighted by Crippen LogP contribution is 2.18. The zero-order valence-electron chi connectivity index (χ0n) is 20.4. The molecule has 7 heteroatoms. The standard InChI is InChI=1S/C25H42N6O/c1-20(2)23(30-14-12-29(4)13-15-30)18-28-25(26-3)27-17-22-16-24(32)31(19-22)11-10-21-8-6-5-7-9-21/h5-9,20,22-23H,10-19H2,1-4H3,(H2,26,27,28). The van der Waals surface area contributed by atoms with Gasteiger partial charge in [0.05, 0.1) is 0 Å². The minimum atomic E-state index is 0.269. The van der Waals surface area contributed by atoms with E-state index in [1.807, 2.05) is 18.0 Å². The zero-order valence-corrected chi connectivity index (χ0v) is 20.4. The first-order chi connectivity index (χ1) is 15.5. The summed E-state index contributed by atoms with van der Waals surface area (Å²) in [6.45, 7) is 12.4. The Morgan fingerprint density at radius 3 is 2.50 bits per heavy atom. The van der Waals surface area contributed by atoms with E-state index in [2.05, 4.69) is 70.6 Å². The van der Waals surface area contributed by atoms with Gasteiger partial charge in [-0.3, -0.25) is 14.7 Å². The van der Waals surface area contributed by atoms with E-state index in [9.17, 15) is 4.79 Å². The molecule has 2 aliphatic rings. The third kappa shape index (κ3) is 7.20. The van der Waals surface area contributed by atoms with Crippen LogP contribution in [0.4, 0.5) is 0 Å². The Balaban J connectivity index is 1.41. The Kier molecular flexibility index (Phi) is 9.36. The number of guanidine groups is 1. The predicted octanol–water partition coefficient (Wildman–Crippen LogP) is 1.51. The van der Waals surface area contributed by atoms with E-state index in [4.69, 9.17) is 0 Å². The number of carbonyl (C=O) groups is 1. The molecular weight excluding hydrogens is 400 g/mol. The molecule has 2 aliphatic heterocycles. The highest BCUT2D eigenvalue weighted by atomic mass is 16.2. The molecule has 2 fully saturated rings. The van der Waals surface area contributed by atoms with Crippen LogP contribution in [0.25, 0.3) is 0 Å². The van der Waals surface area contributed by atoms with Crippen molar-refractivity contribution < 1.29 is 4.79 Å². The highest BCUT2D eigenvalue weighted by Gasteiger charge is 2.29. The van der Waals surface area contributed by atoms with Crippen LogP contribution in [-0.2, 0) is 11.2 Å². The van der Waals surface area contributed by atoms with Crippen molar-refractivity contribution in [1.29, 1.82) is 0 Å². The minimum absolute atomic E-state index is 0.269. The molecule has 2 unspecified atom stereocenters. The van der Waals surface area contributed by atoms with Crippen molar-refractivity contribution in [3.63, 3.8) is 0 Å². The normalized spacial score (nSPS) is 21.9. The molecule has 0 aliphatic carbocycles. The summed E-state index contributed by atoms with van der Waals surface area (Å²) >= 11 is 0. The number of aliphatic imine (C=N–C) groups is 1. The summed E-state index contributed by atoms with van der Waals surface area (Å²) in [7, 11) is 4.02. The molecule has 1 aromatic rings. The van der Waals surface area contributed by atoms with Crippen LogP contribution in [0.2, 0.25) is 0 Å². The van der Waals surface area contributed by atoms with Crippen LogP contribution in [0.1, 0.15) is 25.8 Å². The summed E-state index contributed by atoms with van der Waals surface area (Å²) in [5, 5.41) is 7.00. The number of piperazine rings is 1. The van der Waals surface area contributed by atoms with Crippen LogP contribution in [0.15, 0.2) is 35.3 Å². The first kappa shape index (κ1) is 24.5. The lowest BCUT2D eigenvalue weighted by molar-refractivity contribution is -0.127. The zero-order chi connectivity index (χ0) is 22.9. The second kappa shape index (κ2) is 12.2. The molecule has 2 atom stereocenters. The number of likely N-dealkylation sites (N-methyl/N-ethyl adjacent to an activating group) is 1. The third-order valence-electron chi connectivity index (χ3n) is 6.84. The Morgan fingerprint density at radius 2 is 1.84 bits per heavy atom. The Morgan fingerprint density at radius 1 is 1.12 bits per heavy atom. The van der Waals surface area contributed by atoms with E-state index < -0.39 is 0 Å². The van der Waals surface area contributed by atoms with Gasteiger partial charge in [0, 0.05) is 77.8 Å². The van der Waals surface area contributed by atoms with Crippen LogP contribution >= 0.6 is 0 Å². The smallest absolute Gasteiger partial charge is 0.223 e. The van der Waals surface area contributed by atoms with E-state index in [0.29, 0.717) is 24.3 Å². The minimum Gasteiger partial charge on any atom is -0.356 e. The molecule has 0 spiro atoms. The van der Waals surface area contributed by atoms with Gasteiger partial charge in [-0.05, 0) is 24.9 Å². The maximum Gasteiger partial charge on any atom is 0.223 e. The lowest BCUT2D eigenvalue weighted by Crippen LogP contribution is -2.55. The fourth-order valence-electron chi connectivity index (χ4n) is 4.72. The van der Waals surface area contributed by atoms with Crippen molar-refractivity contribution in [2.45, 2.75) is 32.7 Å². The third-order valence-corrected chi connectivity index (χ3v) is 6.84. The van der Waals surface area contributed by atoms with Gasteiger partial charge in [0.2, 0.25) is 5.91 Å². The Labute approximate surface area is 194 Å². The number of hydrogen-bond donors (Lipinski definition) is 2. The van der Waals surface area contributed by atoms with E-state index >= 15 is 0 Å². The average Bonchev–Trinajstić information content (AvgIpc) is 3.15. The summed E-state index contributed by atoms with van der Waals surface area (Å²) in [5.41, 5.74) is 1.28. The molecular formula is C25H42N6O. The molecule has 7 nitrogen and oxygen atoms in total. The number of hydrogen-bond acceptors (Lipinski definition) is 4. The molecule has 2 N–H and O–H groups in total. The molecule has 0 bridgehead atoms. The van der Waals surface area contributed by atoms with Crippen molar-refractivity contribution in [2.24, 2.45) is 16.8 Å². The van der Waals surface area contributed by atoms with Crippen LogP contribution < -0.4 is 10.6 Å². The molecule has 1 amide bonds. The molecule has 2 saturated heterocycles. The molecule has 178 valence electrons. The summed E-state index contributed by atoms with van der Waals surface area (Å²) in [5.74, 6) is 2.01. The van der Waals surface area contributed by atoms with Gasteiger partial charge in [0.1, 0.15) is 0 Å². The van der Waals surface area contributed by atoms with Crippen molar-refractivity contribution >= 4 is 11.9 Å². The quantitative estimate of drug-likeness (QED) is 0.448. The maximum absolute atomic E-state index is 12.5. The molecule has 0 radical (unpaired) electrons. The van der Waals surface area contributed by atoms with E-state index in [1.54, 1.807) is 0 Å². The number of nitrogens with one attached hydrogen (secondary N) is 2. The van der Waals surface area contributed by atoms with Gasteiger partial charge in [0.25, 0.3) is 0 Å². The summed E-state index contributed by atoms with van der Waals surface area (Å²) < 4.78 is 0. The SMILES string of the molecule is CN=C(NCC1CC(=O)N(CCc2ccccc2)C1)NCC(C(C)C)N1CCN(C)CC1. The molecule has 2 heterocycles. The van der Waals surface area contributed by atoms with E-state index in [0.717, 1.165) is 64.7 Å². The van der Waals surface area contributed by atoms with Gasteiger partial charge in [-0.25, -0.2) is 0 Å². The predicted molar refractivity (Wildman–Crippen MR) is 132 cm³/mol. The number of amides is 1. The first-order valence-corrected chi connectivity index (χ1v) is 12.1. The maximum atomic E-state index is 12.5. The van der Waals surface area contributed by atoms with Gasteiger partial charge in [0.15, 0.2) is 5.96 Å². The fourth-order valence-corrected chi connectivity index (χ4v) is 4.72. The van der Waals surface area contributed by atoms with Gasteiger partial charge in [-0.15, -0.1) is 0 Å². The molecule has 1 aromatic carbocycles. The number of likely N-dealkylation sites (tertiary alicyclic amines) is 1.